The van der Waals surface area contributed by atoms with Gasteiger partial charge in [-0.2, -0.15) is 0 Å². The molecule has 4 atom stereocenters. The second kappa shape index (κ2) is 4.31. The highest BCUT2D eigenvalue weighted by Crippen LogP contribution is 2.51. The lowest BCUT2D eigenvalue weighted by molar-refractivity contribution is -0.148. The molecule has 1 spiro atoms. The predicted octanol–water partition coefficient (Wildman–Crippen LogP) is -0.111. The average Bonchev–Trinajstić information content (AvgIpc) is 2.99. The van der Waals surface area contributed by atoms with Crippen molar-refractivity contribution in [2.75, 3.05) is 26.8 Å². The maximum absolute atomic E-state index is 12.4. The van der Waals surface area contributed by atoms with Crippen molar-refractivity contribution in [2.45, 2.75) is 18.1 Å². The van der Waals surface area contributed by atoms with Crippen LogP contribution in [-0.4, -0.2) is 60.4 Å². The molecule has 2 bridgehead atoms. The van der Waals surface area contributed by atoms with Gasteiger partial charge in [-0.1, -0.05) is 12.2 Å². The number of aliphatic carboxylic acids is 1. The molecular weight excluding hydrogens is 250 g/mol. The third-order valence-electron chi connectivity index (χ3n) is 4.24. The third kappa shape index (κ3) is 1.70. The summed E-state index contributed by atoms with van der Waals surface area (Å²) < 4.78 is 10.8. The summed E-state index contributed by atoms with van der Waals surface area (Å²) in [6.07, 6.45) is 3.94. The molecule has 0 radical (unpaired) electrons. The van der Waals surface area contributed by atoms with E-state index in [9.17, 15) is 14.7 Å². The monoisotopic (exact) mass is 267 g/mol. The first-order valence-electron chi connectivity index (χ1n) is 6.47. The van der Waals surface area contributed by atoms with Crippen molar-refractivity contribution in [1.82, 2.24) is 4.90 Å². The Bertz CT molecular complexity index is 448. The Labute approximate surface area is 111 Å². The van der Waals surface area contributed by atoms with Crippen LogP contribution >= 0.6 is 0 Å². The zero-order valence-electron chi connectivity index (χ0n) is 10.7. The number of carboxylic acid groups (broad SMARTS) is 1. The van der Waals surface area contributed by atoms with Gasteiger partial charge in [-0.15, -0.1) is 0 Å². The number of nitrogens with zero attached hydrogens (tertiary/aromatic N) is 1. The highest BCUT2D eigenvalue weighted by atomic mass is 16.5. The normalized spacial score (nSPS) is 39.1. The summed E-state index contributed by atoms with van der Waals surface area (Å²) in [5.41, 5.74) is -0.710. The van der Waals surface area contributed by atoms with Crippen molar-refractivity contribution < 1.29 is 24.2 Å². The van der Waals surface area contributed by atoms with Crippen LogP contribution in [0.3, 0.4) is 0 Å². The molecule has 3 heterocycles. The van der Waals surface area contributed by atoms with E-state index in [0.29, 0.717) is 19.7 Å². The van der Waals surface area contributed by atoms with Crippen molar-refractivity contribution in [3.05, 3.63) is 12.2 Å². The molecule has 3 aliphatic rings. The Hall–Kier alpha value is -1.40. The van der Waals surface area contributed by atoms with Crippen LogP contribution in [0.15, 0.2) is 12.2 Å². The molecule has 6 heteroatoms. The number of likely N-dealkylation sites (tertiary alicyclic amines) is 1. The molecule has 6 nitrogen and oxygen atoms in total. The number of methoxy groups -OCH3 is 1. The van der Waals surface area contributed by atoms with Crippen LogP contribution in [0.25, 0.3) is 0 Å². The fraction of sp³-hybridized carbons (Fsp3) is 0.692. The number of hydrogen-bond acceptors (Lipinski definition) is 4. The lowest BCUT2D eigenvalue weighted by atomic mass is 9.77. The molecule has 0 saturated carbocycles. The molecule has 3 aliphatic heterocycles. The van der Waals surface area contributed by atoms with Gasteiger partial charge in [-0.25, -0.2) is 0 Å². The zero-order chi connectivity index (χ0) is 13.6. The van der Waals surface area contributed by atoms with E-state index in [-0.39, 0.29) is 5.91 Å². The van der Waals surface area contributed by atoms with Crippen molar-refractivity contribution in [3.8, 4) is 0 Å². The van der Waals surface area contributed by atoms with E-state index in [2.05, 4.69) is 0 Å². The van der Waals surface area contributed by atoms with E-state index in [1.807, 2.05) is 6.08 Å². The minimum absolute atomic E-state index is 0.102. The molecule has 1 unspecified atom stereocenters. The number of carbonyl (C=O) groups is 2. The molecule has 1 N–H and O–H groups in total. The van der Waals surface area contributed by atoms with Gasteiger partial charge in [-0.3, -0.25) is 9.59 Å². The molecular formula is C13H17NO5. The van der Waals surface area contributed by atoms with E-state index in [1.165, 1.54) is 0 Å². The van der Waals surface area contributed by atoms with Gasteiger partial charge in [-0.05, 0) is 6.42 Å². The Balaban J connectivity index is 1.79. The molecule has 104 valence electrons. The second-order valence-electron chi connectivity index (χ2n) is 5.34. The quantitative estimate of drug-likeness (QED) is 0.555. The van der Waals surface area contributed by atoms with Crippen molar-refractivity contribution in [1.29, 1.82) is 0 Å². The van der Waals surface area contributed by atoms with Crippen LogP contribution in [0.2, 0.25) is 0 Å². The van der Waals surface area contributed by atoms with Gasteiger partial charge in [0.2, 0.25) is 5.91 Å². The van der Waals surface area contributed by atoms with E-state index in [1.54, 1.807) is 18.1 Å². The number of rotatable bonds is 5. The standard InChI is InChI=1S/C13H17NO5/c1-18-6-2-5-14-7-13-4-3-8(19-13)9(12(16)17)10(13)11(14)15/h3-4,8-10H,2,5-7H2,1H3,(H,16,17)/t8-,9?,10+,13-/m1/s1. The highest BCUT2D eigenvalue weighted by molar-refractivity contribution is 5.90. The van der Waals surface area contributed by atoms with Gasteiger partial charge in [0.25, 0.3) is 0 Å². The lowest BCUT2D eigenvalue weighted by Gasteiger charge is -2.21. The number of ether oxygens (including phenoxy) is 2. The topological polar surface area (TPSA) is 76.1 Å². The van der Waals surface area contributed by atoms with Gasteiger partial charge in [0.15, 0.2) is 0 Å². The van der Waals surface area contributed by atoms with Crippen LogP contribution in [0.4, 0.5) is 0 Å². The third-order valence-corrected chi connectivity index (χ3v) is 4.24. The first-order chi connectivity index (χ1) is 9.09. The minimum atomic E-state index is -0.951. The maximum atomic E-state index is 12.4. The van der Waals surface area contributed by atoms with Gasteiger partial charge in [0, 0.05) is 20.3 Å². The highest BCUT2D eigenvalue weighted by Gasteiger charge is 2.66. The second-order valence-corrected chi connectivity index (χ2v) is 5.34. The Morgan fingerprint density at radius 3 is 3.16 bits per heavy atom. The molecule has 1 amide bonds. The summed E-state index contributed by atoms with van der Waals surface area (Å²) in [5.74, 6) is -2.36. The Morgan fingerprint density at radius 2 is 2.47 bits per heavy atom. The van der Waals surface area contributed by atoms with E-state index in [0.717, 1.165) is 6.42 Å². The molecule has 2 fully saturated rings. The predicted molar refractivity (Wildman–Crippen MR) is 64.4 cm³/mol. The summed E-state index contributed by atoms with van der Waals surface area (Å²) in [7, 11) is 1.62. The number of amides is 1. The summed E-state index contributed by atoms with van der Waals surface area (Å²) >= 11 is 0. The smallest absolute Gasteiger partial charge is 0.310 e. The molecule has 3 rings (SSSR count). The molecule has 0 aliphatic carbocycles. The van der Waals surface area contributed by atoms with Gasteiger partial charge < -0.3 is 19.5 Å². The zero-order valence-corrected chi connectivity index (χ0v) is 10.7. The van der Waals surface area contributed by atoms with Crippen LogP contribution < -0.4 is 0 Å². The lowest BCUT2D eigenvalue weighted by Crippen LogP contribution is -2.39. The summed E-state index contributed by atoms with van der Waals surface area (Å²) in [4.78, 5) is 25.4. The average molecular weight is 267 g/mol. The van der Waals surface area contributed by atoms with Crippen LogP contribution in [0.5, 0.6) is 0 Å². The summed E-state index contributed by atoms with van der Waals surface area (Å²) in [6, 6.07) is 0. The van der Waals surface area contributed by atoms with Gasteiger partial charge in [0.1, 0.15) is 11.5 Å². The number of hydrogen-bond donors (Lipinski definition) is 1. The Morgan fingerprint density at radius 1 is 1.68 bits per heavy atom. The SMILES string of the molecule is COCCCN1C[C@@]23C=C[C@@H](O2)C(C(=O)O)[C@H]3C1=O. The number of carbonyl (C=O) groups excluding carboxylic acids is 1. The largest absolute Gasteiger partial charge is 0.481 e. The minimum Gasteiger partial charge on any atom is -0.481 e. The van der Waals surface area contributed by atoms with Crippen molar-refractivity contribution >= 4 is 11.9 Å². The molecule has 0 aromatic rings. The number of fused-ring (bicyclic) bond motifs is 1. The van der Waals surface area contributed by atoms with Crippen molar-refractivity contribution in [3.63, 3.8) is 0 Å². The molecule has 2 saturated heterocycles. The fourth-order valence-electron chi connectivity index (χ4n) is 3.45. The first kappa shape index (κ1) is 12.6. The Kier molecular flexibility index (Phi) is 2.87. The fourth-order valence-corrected chi connectivity index (χ4v) is 3.45. The summed E-state index contributed by atoms with van der Waals surface area (Å²) in [6.45, 7) is 1.62. The first-order valence-corrected chi connectivity index (χ1v) is 6.47. The molecule has 0 aromatic carbocycles. The number of carboxylic acids is 1. The maximum Gasteiger partial charge on any atom is 0.310 e. The van der Waals surface area contributed by atoms with E-state index in [4.69, 9.17) is 9.47 Å². The summed E-state index contributed by atoms with van der Waals surface area (Å²) in [5, 5.41) is 9.29. The van der Waals surface area contributed by atoms with Gasteiger partial charge in [0.05, 0.1) is 18.6 Å². The van der Waals surface area contributed by atoms with Crippen LogP contribution in [0.1, 0.15) is 6.42 Å². The molecule has 19 heavy (non-hydrogen) atoms. The van der Waals surface area contributed by atoms with Crippen LogP contribution in [-0.2, 0) is 19.1 Å². The van der Waals surface area contributed by atoms with Crippen molar-refractivity contribution in [2.24, 2.45) is 11.8 Å². The van der Waals surface area contributed by atoms with E-state index >= 15 is 0 Å². The van der Waals surface area contributed by atoms with Gasteiger partial charge >= 0.3 is 5.97 Å². The van der Waals surface area contributed by atoms with Crippen LogP contribution in [0, 0.1) is 11.8 Å². The van der Waals surface area contributed by atoms with E-state index < -0.39 is 29.5 Å². The molecule has 0 aromatic heterocycles.